The maximum Gasteiger partial charge on any atom is 0.345 e. The lowest BCUT2D eigenvalue weighted by molar-refractivity contribution is 0.0702. The van der Waals surface area contributed by atoms with Gasteiger partial charge in [0, 0.05) is 24.2 Å². The first-order valence-electron chi connectivity index (χ1n) is 4.89. The van der Waals surface area contributed by atoms with Crippen molar-refractivity contribution < 1.29 is 9.90 Å². The minimum Gasteiger partial charge on any atom is -0.477 e. The van der Waals surface area contributed by atoms with Crippen LogP contribution in [0.2, 0.25) is 0 Å². The van der Waals surface area contributed by atoms with Crippen LogP contribution in [0.1, 0.15) is 23.0 Å². The SMILES string of the molecule is CC1=CCN(c2csc(C(=O)O)c2)CC1. The van der Waals surface area contributed by atoms with Crippen molar-refractivity contribution in [1.82, 2.24) is 0 Å². The summed E-state index contributed by atoms with van der Waals surface area (Å²) in [6.07, 6.45) is 3.26. The van der Waals surface area contributed by atoms with Gasteiger partial charge < -0.3 is 10.0 Å². The largest absolute Gasteiger partial charge is 0.477 e. The molecule has 1 aromatic rings. The average molecular weight is 223 g/mol. The molecule has 0 aliphatic carbocycles. The molecule has 2 rings (SSSR count). The Balaban J connectivity index is 2.13. The number of aromatic carboxylic acids is 1. The molecule has 0 spiro atoms. The van der Waals surface area contributed by atoms with Crippen molar-refractivity contribution >= 4 is 23.0 Å². The number of anilines is 1. The van der Waals surface area contributed by atoms with E-state index in [2.05, 4.69) is 17.9 Å². The van der Waals surface area contributed by atoms with Crippen molar-refractivity contribution in [1.29, 1.82) is 0 Å². The van der Waals surface area contributed by atoms with Crippen molar-refractivity contribution in [3.63, 3.8) is 0 Å². The molecular weight excluding hydrogens is 210 g/mol. The molecule has 15 heavy (non-hydrogen) atoms. The number of rotatable bonds is 2. The van der Waals surface area contributed by atoms with Crippen molar-refractivity contribution in [2.45, 2.75) is 13.3 Å². The van der Waals surface area contributed by atoms with Gasteiger partial charge in [-0.15, -0.1) is 11.3 Å². The summed E-state index contributed by atoms with van der Waals surface area (Å²) in [6.45, 7) is 4.01. The quantitative estimate of drug-likeness (QED) is 0.783. The highest BCUT2D eigenvalue weighted by Gasteiger charge is 2.13. The Labute approximate surface area is 92.6 Å². The highest BCUT2D eigenvalue weighted by Crippen LogP contribution is 2.25. The fourth-order valence-electron chi connectivity index (χ4n) is 1.61. The van der Waals surface area contributed by atoms with E-state index < -0.39 is 5.97 Å². The van der Waals surface area contributed by atoms with Gasteiger partial charge in [-0.05, 0) is 19.4 Å². The van der Waals surface area contributed by atoms with Crippen molar-refractivity contribution in [2.24, 2.45) is 0 Å². The van der Waals surface area contributed by atoms with E-state index in [1.807, 2.05) is 5.38 Å². The summed E-state index contributed by atoms with van der Waals surface area (Å²) in [4.78, 5) is 13.3. The van der Waals surface area contributed by atoms with E-state index in [1.54, 1.807) is 6.07 Å². The molecule has 1 aliphatic heterocycles. The predicted octanol–water partition coefficient (Wildman–Crippen LogP) is 2.60. The van der Waals surface area contributed by atoms with E-state index >= 15 is 0 Å². The summed E-state index contributed by atoms with van der Waals surface area (Å²) in [5.41, 5.74) is 2.45. The molecule has 0 aromatic carbocycles. The minimum absolute atomic E-state index is 0.413. The highest BCUT2D eigenvalue weighted by molar-refractivity contribution is 7.12. The van der Waals surface area contributed by atoms with Crippen LogP contribution in [0.4, 0.5) is 5.69 Å². The molecule has 0 radical (unpaired) electrons. The van der Waals surface area contributed by atoms with E-state index in [0.29, 0.717) is 4.88 Å². The third-order valence-electron chi connectivity index (χ3n) is 2.60. The van der Waals surface area contributed by atoms with Gasteiger partial charge in [-0.25, -0.2) is 4.79 Å². The molecule has 1 aliphatic rings. The lowest BCUT2D eigenvalue weighted by Gasteiger charge is -2.26. The molecule has 2 heterocycles. The summed E-state index contributed by atoms with van der Waals surface area (Å²) >= 11 is 1.29. The van der Waals surface area contributed by atoms with Gasteiger partial charge in [-0.2, -0.15) is 0 Å². The molecule has 0 unspecified atom stereocenters. The van der Waals surface area contributed by atoms with Crippen molar-refractivity contribution in [3.8, 4) is 0 Å². The summed E-state index contributed by atoms with van der Waals surface area (Å²) < 4.78 is 0. The molecule has 0 fully saturated rings. The van der Waals surface area contributed by atoms with Crippen molar-refractivity contribution in [2.75, 3.05) is 18.0 Å². The Morgan fingerprint density at radius 3 is 2.93 bits per heavy atom. The van der Waals surface area contributed by atoms with Gasteiger partial charge in [-0.1, -0.05) is 11.6 Å². The van der Waals surface area contributed by atoms with Crippen LogP contribution in [0.25, 0.3) is 0 Å². The zero-order valence-corrected chi connectivity index (χ0v) is 9.38. The first-order valence-corrected chi connectivity index (χ1v) is 5.77. The molecule has 0 saturated heterocycles. The topological polar surface area (TPSA) is 40.5 Å². The number of carboxylic acids is 1. The number of carboxylic acid groups (broad SMARTS) is 1. The highest BCUT2D eigenvalue weighted by atomic mass is 32.1. The number of thiophene rings is 1. The fraction of sp³-hybridized carbons (Fsp3) is 0.364. The Morgan fingerprint density at radius 1 is 1.60 bits per heavy atom. The van der Waals surface area contributed by atoms with Crippen LogP contribution in [0.15, 0.2) is 23.1 Å². The van der Waals surface area contributed by atoms with Gasteiger partial charge in [0.25, 0.3) is 0 Å². The molecule has 0 saturated carbocycles. The van der Waals surface area contributed by atoms with Gasteiger partial charge in [0.1, 0.15) is 4.88 Å². The van der Waals surface area contributed by atoms with Crippen LogP contribution < -0.4 is 4.90 Å². The fourth-order valence-corrected chi connectivity index (χ4v) is 2.36. The van der Waals surface area contributed by atoms with Gasteiger partial charge in [0.2, 0.25) is 0 Å². The van der Waals surface area contributed by atoms with Crippen LogP contribution in [0.3, 0.4) is 0 Å². The van der Waals surface area contributed by atoms with Gasteiger partial charge in [0.15, 0.2) is 0 Å². The normalized spacial score (nSPS) is 16.3. The zero-order valence-electron chi connectivity index (χ0n) is 8.56. The predicted molar refractivity (Wildman–Crippen MR) is 61.9 cm³/mol. The van der Waals surface area contributed by atoms with E-state index in [1.165, 1.54) is 16.9 Å². The lowest BCUT2D eigenvalue weighted by atomic mass is 10.1. The van der Waals surface area contributed by atoms with Gasteiger partial charge in [0.05, 0.1) is 0 Å². The molecule has 1 aromatic heterocycles. The Bertz CT molecular complexity index is 408. The lowest BCUT2D eigenvalue weighted by Crippen LogP contribution is -2.27. The maximum absolute atomic E-state index is 10.7. The monoisotopic (exact) mass is 223 g/mol. The Hall–Kier alpha value is -1.29. The second-order valence-corrected chi connectivity index (χ2v) is 4.63. The molecule has 0 amide bonds. The van der Waals surface area contributed by atoms with Gasteiger partial charge >= 0.3 is 5.97 Å². The standard InChI is InChI=1S/C11H13NO2S/c1-8-2-4-12(5-3-8)9-6-10(11(13)14)15-7-9/h2,6-7H,3-5H2,1H3,(H,13,14). The second kappa shape index (κ2) is 4.06. The van der Waals surface area contributed by atoms with Crippen LogP contribution in [-0.4, -0.2) is 24.2 Å². The molecule has 3 nitrogen and oxygen atoms in total. The Kier molecular flexibility index (Phi) is 2.77. The summed E-state index contributed by atoms with van der Waals surface area (Å²) in [5.74, 6) is -0.838. The molecular formula is C11H13NO2S. The summed E-state index contributed by atoms with van der Waals surface area (Å²) in [5, 5.41) is 10.7. The molecule has 0 atom stereocenters. The van der Waals surface area contributed by atoms with E-state index in [9.17, 15) is 4.79 Å². The summed E-state index contributed by atoms with van der Waals surface area (Å²) in [7, 11) is 0. The Morgan fingerprint density at radius 2 is 2.40 bits per heavy atom. The summed E-state index contributed by atoms with van der Waals surface area (Å²) in [6, 6.07) is 1.75. The van der Waals surface area contributed by atoms with Crippen LogP contribution in [0, 0.1) is 0 Å². The van der Waals surface area contributed by atoms with E-state index in [0.717, 1.165) is 25.2 Å². The number of nitrogens with zero attached hydrogens (tertiary/aromatic N) is 1. The van der Waals surface area contributed by atoms with Crippen LogP contribution in [0.5, 0.6) is 0 Å². The van der Waals surface area contributed by atoms with Crippen molar-refractivity contribution in [3.05, 3.63) is 28.0 Å². The molecule has 1 N–H and O–H groups in total. The van der Waals surface area contributed by atoms with Gasteiger partial charge in [-0.3, -0.25) is 0 Å². The van der Waals surface area contributed by atoms with E-state index in [4.69, 9.17) is 5.11 Å². The first kappa shape index (κ1) is 10.2. The third kappa shape index (κ3) is 2.21. The molecule has 80 valence electrons. The minimum atomic E-state index is -0.838. The maximum atomic E-state index is 10.7. The molecule has 0 bridgehead atoms. The number of carbonyl (C=O) groups is 1. The van der Waals surface area contributed by atoms with E-state index in [-0.39, 0.29) is 0 Å². The zero-order chi connectivity index (χ0) is 10.8. The number of hydrogen-bond donors (Lipinski definition) is 1. The smallest absolute Gasteiger partial charge is 0.345 e. The second-order valence-electron chi connectivity index (χ2n) is 3.72. The van der Waals surface area contributed by atoms with Crippen LogP contribution >= 0.6 is 11.3 Å². The average Bonchev–Trinajstić information content (AvgIpc) is 2.68. The van der Waals surface area contributed by atoms with Crippen LogP contribution in [-0.2, 0) is 0 Å². The molecule has 4 heteroatoms. The number of hydrogen-bond acceptors (Lipinski definition) is 3. The first-order chi connectivity index (χ1) is 7.16. The third-order valence-corrected chi connectivity index (χ3v) is 3.50.